The summed E-state index contributed by atoms with van der Waals surface area (Å²) < 4.78 is 1.04. The maximum absolute atomic E-state index is 11.5. The standard InChI is InChI=1S/C13H18BrNO2S/c1-9(2)11(16)7-8-15-13(17)6-4-10-3-5-12(14)18-10/h3-6,9,11,16H,7-8H2,1-2H3,(H,15,17). The topological polar surface area (TPSA) is 49.3 Å². The number of hydrogen-bond donors (Lipinski definition) is 2. The zero-order valence-electron chi connectivity index (χ0n) is 10.5. The van der Waals surface area contributed by atoms with E-state index >= 15 is 0 Å². The summed E-state index contributed by atoms with van der Waals surface area (Å²) in [5, 5.41) is 12.3. The summed E-state index contributed by atoms with van der Waals surface area (Å²) in [6.07, 6.45) is 3.52. The maximum atomic E-state index is 11.5. The van der Waals surface area contributed by atoms with Crippen molar-refractivity contribution in [1.29, 1.82) is 0 Å². The molecule has 0 spiro atoms. The second-order valence-electron chi connectivity index (χ2n) is 4.37. The van der Waals surface area contributed by atoms with Gasteiger partial charge in [0, 0.05) is 17.5 Å². The fraction of sp³-hybridized carbons (Fsp3) is 0.462. The van der Waals surface area contributed by atoms with Crippen molar-refractivity contribution in [2.45, 2.75) is 26.4 Å². The number of nitrogens with one attached hydrogen (secondary N) is 1. The number of aliphatic hydroxyl groups excluding tert-OH is 1. The van der Waals surface area contributed by atoms with Crippen molar-refractivity contribution in [2.24, 2.45) is 5.92 Å². The number of halogens is 1. The summed E-state index contributed by atoms with van der Waals surface area (Å²) in [5.74, 6) is 0.0939. The van der Waals surface area contributed by atoms with Crippen molar-refractivity contribution in [3.63, 3.8) is 0 Å². The van der Waals surface area contributed by atoms with Gasteiger partial charge in [-0.2, -0.15) is 0 Å². The summed E-state index contributed by atoms with van der Waals surface area (Å²) >= 11 is 4.94. The summed E-state index contributed by atoms with van der Waals surface area (Å²) in [5.41, 5.74) is 0. The van der Waals surface area contributed by atoms with Crippen LogP contribution in [0.15, 0.2) is 22.0 Å². The second kappa shape index (κ2) is 7.71. The fourth-order valence-electron chi connectivity index (χ4n) is 1.31. The molecule has 1 aromatic heterocycles. The molecule has 0 aliphatic heterocycles. The lowest BCUT2D eigenvalue weighted by atomic mass is 10.0. The van der Waals surface area contributed by atoms with Gasteiger partial charge < -0.3 is 10.4 Å². The molecule has 0 fully saturated rings. The predicted octanol–water partition coefficient (Wildman–Crippen LogP) is 3.05. The molecule has 1 atom stereocenters. The molecule has 1 rings (SSSR count). The molecule has 100 valence electrons. The van der Waals surface area contributed by atoms with Crippen molar-refractivity contribution < 1.29 is 9.90 Å². The van der Waals surface area contributed by atoms with Gasteiger partial charge in [-0.05, 0) is 46.5 Å². The van der Waals surface area contributed by atoms with E-state index in [1.165, 1.54) is 6.08 Å². The Labute approximate surface area is 120 Å². The molecule has 0 radical (unpaired) electrons. The van der Waals surface area contributed by atoms with Crippen molar-refractivity contribution in [2.75, 3.05) is 6.54 Å². The van der Waals surface area contributed by atoms with E-state index < -0.39 is 0 Å². The highest BCUT2D eigenvalue weighted by molar-refractivity contribution is 9.11. The highest BCUT2D eigenvalue weighted by Gasteiger charge is 2.08. The summed E-state index contributed by atoms with van der Waals surface area (Å²) in [4.78, 5) is 12.5. The van der Waals surface area contributed by atoms with Crippen molar-refractivity contribution >= 4 is 39.2 Å². The molecule has 0 bridgehead atoms. The highest BCUT2D eigenvalue weighted by Crippen LogP contribution is 2.22. The van der Waals surface area contributed by atoms with E-state index in [9.17, 15) is 9.90 Å². The largest absolute Gasteiger partial charge is 0.393 e. The van der Waals surface area contributed by atoms with E-state index in [2.05, 4.69) is 21.2 Å². The molecule has 5 heteroatoms. The number of carbonyl (C=O) groups is 1. The van der Waals surface area contributed by atoms with Gasteiger partial charge in [0.1, 0.15) is 0 Å². The van der Waals surface area contributed by atoms with Gasteiger partial charge in [0.05, 0.1) is 9.89 Å². The van der Waals surface area contributed by atoms with Crippen molar-refractivity contribution in [3.05, 3.63) is 26.9 Å². The molecule has 18 heavy (non-hydrogen) atoms. The Morgan fingerprint density at radius 3 is 2.83 bits per heavy atom. The zero-order chi connectivity index (χ0) is 13.5. The molecular weight excluding hydrogens is 314 g/mol. The minimum Gasteiger partial charge on any atom is -0.393 e. The summed E-state index contributed by atoms with van der Waals surface area (Å²) in [7, 11) is 0. The van der Waals surface area contributed by atoms with Gasteiger partial charge in [-0.25, -0.2) is 0 Å². The Balaban J connectivity index is 2.27. The SMILES string of the molecule is CC(C)C(O)CCNC(=O)C=Cc1ccc(Br)s1. The number of hydrogen-bond acceptors (Lipinski definition) is 3. The van der Waals surface area contributed by atoms with Crippen LogP contribution in [0.2, 0.25) is 0 Å². The average Bonchev–Trinajstić information content (AvgIpc) is 2.72. The van der Waals surface area contributed by atoms with E-state index in [0.717, 1.165) is 8.66 Å². The van der Waals surface area contributed by atoms with E-state index in [0.29, 0.717) is 13.0 Å². The molecule has 2 N–H and O–H groups in total. The quantitative estimate of drug-likeness (QED) is 0.787. The predicted molar refractivity (Wildman–Crippen MR) is 79.5 cm³/mol. The summed E-state index contributed by atoms with van der Waals surface area (Å²) in [6, 6.07) is 3.89. The molecule has 0 aromatic carbocycles. The van der Waals surface area contributed by atoms with Gasteiger partial charge >= 0.3 is 0 Å². The third-order valence-corrected chi connectivity index (χ3v) is 4.09. The Morgan fingerprint density at radius 2 is 2.28 bits per heavy atom. The molecule has 0 aliphatic rings. The van der Waals surface area contributed by atoms with Crippen LogP contribution in [0.5, 0.6) is 0 Å². The van der Waals surface area contributed by atoms with Gasteiger partial charge in [0.15, 0.2) is 0 Å². The van der Waals surface area contributed by atoms with Crippen LogP contribution in [-0.4, -0.2) is 23.7 Å². The maximum Gasteiger partial charge on any atom is 0.244 e. The van der Waals surface area contributed by atoms with Crippen LogP contribution in [-0.2, 0) is 4.79 Å². The first-order valence-electron chi connectivity index (χ1n) is 5.88. The number of thiophene rings is 1. The van der Waals surface area contributed by atoms with E-state index in [4.69, 9.17) is 0 Å². The average molecular weight is 332 g/mol. The monoisotopic (exact) mass is 331 g/mol. The Bertz CT molecular complexity index is 415. The minimum absolute atomic E-state index is 0.129. The molecule has 1 heterocycles. The van der Waals surface area contributed by atoms with Crippen LogP contribution in [0.3, 0.4) is 0 Å². The second-order valence-corrected chi connectivity index (χ2v) is 6.86. The van der Waals surface area contributed by atoms with E-state index in [1.54, 1.807) is 17.4 Å². The number of carbonyl (C=O) groups excluding carboxylic acids is 1. The van der Waals surface area contributed by atoms with Crippen LogP contribution in [0.4, 0.5) is 0 Å². The van der Waals surface area contributed by atoms with Gasteiger partial charge in [-0.15, -0.1) is 11.3 Å². The summed E-state index contributed by atoms with van der Waals surface area (Å²) in [6.45, 7) is 4.42. The molecule has 3 nitrogen and oxygen atoms in total. The minimum atomic E-state index is -0.359. The Hall–Kier alpha value is -0.650. The molecule has 1 amide bonds. The third-order valence-electron chi connectivity index (χ3n) is 2.50. The van der Waals surface area contributed by atoms with E-state index in [1.807, 2.05) is 26.0 Å². The van der Waals surface area contributed by atoms with Crippen LogP contribution in [0.1, 0.15) is 25.1 Å². The molecule has 0 saturated carbocycles. The first kappa shape index (κ1) is 15.4. The van der Waals surface area contributed by atoms with Gasteiger partial charge in [-0.1, -0.05) is 13.8 Å². The molecule has 0 aliphatic carbocycles. The Kier molecular flexibility index (Phi) is 6.60. The van der Waals surface area contributed by atoms with Crippen LogP contribution < -0.4 is 5.32 Å². The lowest BCUT2D eigenvalue weighted by Crippen LogP contribution is -2.27. The third kappa shape index (κ3) is 5.80. The van der Waals surface area contributed by atoms with Crippen molar-refractivity contribution in [3.8, 4) is 0 Å². The molecule has 1 unspecified atom stereocenters. The molecule has 1 aromatic rings. The normalized spacial score (nSPS) is 13.2. The van der Waals surface area contributed by atoms with Crippen LogP contribution in [0, 0.1) is 5.92 Å². The number of aliphatic hydroxyl groups is 1. The smallest absolute Gasteiger partial charge is 0.244 e. The fourth-order valence-corrected chi connectivity index (χ4v) is 2.64. The number of rotatable bonds is 6. The number of amides is 1. The van der Waals surface area contributed by atoms with Crippen LogP contribution in [0.25, 0.3) is 6.08 Å². The Morgan fingerprint density at radius 1 is 1.56 bits per heavy atom. The lowest BCUT2D eigenvalue weighted by Gasteiger charge is -2.13. The first-order chi connectivity index (χ1) is 8.49. The highest BCUT2D eigenvalue weighted by atomic mass is 79.9. The van der Waals surface area contributed by atoms with Crippen LogP contribution >= 0.6 is 27.3 Å². The first-order valence-corrected chi connectivity index (χ1v) is 7.49. The molecule has 0 saturated heterocycles. The molecular formula is C13H18BrNO2S. The van der Waals surface area contributed by atoms with Gasteiger partial charge in [0.2, 0.25) is 5.91 Å². The van der Waals surface area contributed by atoms with E-state index in [-0.39, 0.29) is 17.9 Å². The van der Waals surface area contributed by atoms with Gasteiger partial charge in [0.25, 0.3) is 0 Å². The lowest BCUT2D eigenvalue weighted by molar-refractivity contribution is -0.116. The zero-order valence-corrected chi connectivity index (χ0v) is 12.9. The van der Waals surface area contributed by atoms with Crippen molar-refractivity contribution in [1.82, 2.24) is 5.32 Å². The van der Waals surface area contributed by atoms with Gasteiger partial charge in [-0.3, -0.25) is 4.79 Å².